The number of carbonyl (C=O) groups excluding carboxylic acids is 1. The van der Waals surface area contributed by atoms with Crippen LogP contribution in [-0.4, -0.2) is 31.2 Å². The molecule has 1 aromatic heterocycles. The summed E-state index contributed by atoms with van der Waals surface area (Å²) in [5, 5.41) is 9.95. The van der Waals surface area contributed by atoms with E-state index in [4.69, 9.17) is 38.8 Å². The van der Waals surface area contributed by atoms with Gasteiger partial charge in [-0.25, -0.2) is 18.2 Å². The molecule has 3 rings (SSSR count). The number of primary sulfonamides is 1. The van der Waals surface area contributed by atoms with Crippen molar-refractivity contribution in [3.63, 3.8) is 0 Å². The first-order chi connectivity index (χ1) is 13.6. The first-order valence-electron chi connectivity index (χ1n) is 8.12. The van der Waals surface area contributed by atoms with E-state index in [-0.39, 0.29) is 15.6 Å². The maximum atomic E-state index is 12.2. The van der Waals surface area contributed by atoms with Gasteiger partial charge in [0.25, 0.3) is 0 Å². The normalized spacial score (nSPS) is 12.6. The van der Waals surface area contributed by atoms with Gasteiger partial charge in [-0.3, -0.25) is 4.79 Å². The molecule has 8 nitrogen and oxygen atoms in total. The summed E-state index contributed by atoms with van der Waals surface area (Å²) in [6.45, 7) is 0. The Hall–Kier alpha value is -2.59. The molecule has 0 saturated heterocycles. The fourth-order valence-electron chi connectivity index (χ4n) is 2.93. The van der Waals surface area contributed by atoms with Crippen LogP contribution in [-0.2, 0) is 14.8 Å². The SMILES string of the molecule is COc1ccc(C(C(N)=O)c2ccc(-n3cc(Cl)cn3)c(S(N)(=O)=O)c2)c(Cl)c1. The van der Waals surface area contributed by atoms with Crippen molar-refractivity contribution in [2.24, 2.45) is 10.9 Å². The van der Waals surface area contributed by atoms with Crippen molar-refractivity contribution in [3.8, 4) is 11.4 Å². The molecule has 0 radical (unpaired) electrons. The highest BCUT2D eigenvalue weighted by molar-refractivity contribution is 7.89. The Morgan fingerprint density at radius 3 is 2.45 bits per heavy atom. The molecule has 152 valence electrons. The number of amides is 1. The molecule has 0 spiro atoms. The smallest absolute Gasteiger partial charge is 0.240 e. The molecule has 0 aliphatic carbocycles. The van der Waals surface area contributed by atoms with E-state index in [1.807, 2.05) is 0 Å². The predicted octanol–water partition coefficient (Wildman–Crippen LogP) is 2.45. The predicted molar refractivity (Wildman–Crippen MR) is 109 cm³/mol. The molecule has 0 saturated carbocycles. The van der Waals surface area contributed by atoms with Gasteiger partial charge < -0.3 is 10.5 Å². The maximum Gasteiger partial charge on any atom is 0.240 e. The molecule has 11 heteroatoms. The second-order valence-corrected chi connectivity index (χ2v) is 8.47. The van der Waals surface area contributed by atoms with Crippen LogP contribution in [0.2, 0.25) is 10.0 Å². The van der Waals surface area contributed by atoms with Crippen LogP contribution in [0.3, 0.4) is 0 Å². The highest BCUT2D eigenvalue weighted by Gasteiger charge is 2.26. The summed E-state index contributed by atoms with van der Waals surface area (Å²) in [6, 6.07) is 9.04. The number of nitrogens with zero attached hydrogens (tertiary/aromatic N) is 2. The molecule has 3 aromatic rings. The molecule has 0 aliphatic rings. The number of methoxy groups -OCH3 is 1. The summed E-state index contributed by atoms with van der Waals surface area (Å²) in [5.74, 6) is -1.23. The Kier molecular flexibility index (Phi) is 5.85. The third kappa shape index (κ3) is 4.38. The van der Waals surface area contributed by atoms with Crippen molar-refractivity contribution in [1.82, 2.24) is 9.78 Å². The Balaban J connectivity index is 2.19. The quantitative estimate of drug-likeness (QED) is 0.590. The molecule has 1 heterocycles. The topological polar surface area (TPSA) is 130 Å². The van der Waals surface area contributed by atoms with Crippen LogP contribution in [0.4, 0.5) is 0 Å². The summed E-state index contributed by atoms with van der Waals surface area (Å²) in [5.41, 5.74) is 6.48. The summed E-state index contributed by atoms with van der Waals surface area (Å²) in [6.07, 6.45) is 2.78. The molecule has 1 atom stereocenters. The van der Waals surface area contributed by atoms with E-state index in [9.17, 15) is 13.2 Å². The van der Waals surface area contributed by atoms with Gasteiger partial charge in [0.1, 0.15) is 10.6 Å². The first-order valence-corrected chi connectivity index (χ1v) is 10.4. The zero-order chi connectivity index (χ0) is 21.3. The van der Waals surface area contributed by atoms with E-state index >= 15 is 0 Å². The number of aromatic nitrogens is 2. The van der Waals surface area contributed by atoms with E-state index in [1.54, 1.807) is 18.2 Å². The average molecular weight is 455 g/mol. The number of hydrogen-bond donors (Lipinski definition) is 2. The Labute approximate surface area is 177 Å². The average Bonchev–Trinajstić information content (AvgIpc) is 3.08. The van der Waals surface area contributed by atoms with E-state index < -0.39 is 21.8 Å². The van der Waals surface area contributed by atoms with Crippen LogP contribution in [0.25, 0.3) is 5.69 Å². The second-order valence-electron chi connectivity index (χ2n) is 6.10. The Morgan fingerprint density at radius 2 is 1.93 bits per heavy atom. The molecule has 1 amide bonds. The van der Waals surface area contributed by atoms with Gasteiger partial charge in [-0.15, -0.1) is 0 Å². The van der Waals surface area contributed by atoms with Gasteiger partial charge in [-0.1, -0.05) is 35.3 Å². The van der Waals surface area contributed by atoms with E-state index in [1.165, 1.54) is 42.4 Å². The van der Waals surface area contributed by atoms with Gasteiger partial charge in [0.05, 0.1) is 29.9 Å². The largest absolute Gasteiger partial charge is 0.497 e. The standard InChI is InChI=1S/C18H16Cl2N4O4S/c1-28-12-3-4-13(14(20)7-12)17(18(21)25)10-2-5-15(16(6-10)29(22,26)27)24-9-11(19)8-23-24/h2-9,17H,1H3,(H2,21,25)(H2,22,26,27). The van der Waals surface area contributed by atoms with Crippen molar-refractivity contribution in [2.75, 3.05) is 7.11 Å². The van der Waals surface area contributed by atoms with Crippen LogP contribution in [0.15, 0.2) is 53.7 Å². The van der Waals surface area contributed by atoms with E-state index in [0.29, 0.717) is 21.9 Å². The van der Waals surface area contributed by atoms with Crippen molar-refractivity contribution in [2.45, 2.75) is 10.8 Å². The van der Waals surface area contributed by atoms with E-state index in [0.717, 1.165) is 0 Å². The number of benzene rings is 2. The summed E-state index contributed by atoms with van der Waals surface area (Å²) in [7, 11) is -2.68. The van der Waals surface area contributed by atoms with Crippen LogP contribution in [0.5, 0.6) is 5.75 Å². The van der Waals surface area contributed by atoms with Crippen molar-refractivity contribution in [3.05, 3.63) is 70.0 Å². The van der Waals surface area contributed by atoms with Crippen molar-refractivity contribution in [1.29, 1.82) is 0 Å². The summed E-state index contributed by atoms with van der Waals surface area (Å²) in [4.78, 5) is 12.0. The lowest BCUT2D eigenvalue weighted by molar-refractivity contribution is -0.118. The van der Waals surface area contributed by atoms with Gasteiger partial charge >= 0.3 is 0 Å². The number of primary amides is 1. The Morgan fingerprint density at radius 1 is 1.21 bits per heavy atom. The van der Waals surface area contributed by atoms with Crippen molar-refractivity contribution >= 4 is 39.1 Å². The number of sulfonamides is 1. The Bertz CT molecular complexity index is 1190. The number of ether oxygens (including phenoxy) is 1. The third-order valence-electron chi connectivity index (χ3n) is 4.22. The van der Waals surface area contributed by atoms with Crippen LogP contribution in [0, 0.1) is 0 Å². The minimum absolute atomic E-state index is 0.173. The van der Waals surface area contributed by atoms with Crippen LogP contribution < -0.4 is 15.6 Å². The lowest BCUT2D eigenvalue weighted by Gasteiger charge is -2.18. The lowest BCUT2D eigenvalue weighted by atomic mass is 9.90. The maximum absolute atomic E-state index is 12.2. The third-order valence-corrected chi connectivity index (χ3v) is 5.69. The number of nitrogens with two attached hydrogens (primary N) is 2. The van der Waals surface area contributed by atoms with Crippen LogP contribution >= 0.6 is 23.2 Å². The minimum atomic E-state index is -4.17. The monoisotopic (exact) mass is 454 g/mol. The minimum Gasteiger partial charge on any atom is -0.497 e. The number of rotatable bonds is 6. The second kappa shape index (κ2) is 8.03. The summed E-state index contributed by atoms with van der Waals surface area (Å²) < 4.78 is 30.8. The molecule has 2 aromatic carbocycles. The van der Waals surface area contributed by atoms with Crippen molar-refractivity contribution < 1.29 is 17.9 Å². The molecular formula is C18H16Cl2N4O4S. The van der Waals surface area contributed by atoms with E-state index in [2.05, 4.69) is 5.10 Å². The molecule has 1 unspecified atom stereocenters. The molecular weight excluding hydrogens is 439 g/mol. The highest BCUT2D eigenvalue weighted by Crippen LogP contribution is 2.34. The van der Waals surface area contributed by atoms with Gasteiger partial charge in [-0.2, -0.15) is 5.10 Å². The van der Waals surface area contributed by atoms with Gasteiger partial charge in [-0.05, 0) is 35.4 Å². The van der Waals surface area contributed by atoms with Gasteiger partial charge in [0.15, 0.2) is 0 Å². The molecule has 0 bridgehead atoms. The highest BCUT2D eigenvalue weighted by atomic mass is 35.5. The zero-order valence-corrected chi connectivity index (χ0v) is 17.4. The molecule has 29 heavy (non-hydrogen) atoms. The zero-order valence-electron chi connectivity index (χ0n) is 15.0. The number of carbonyl (C=O) groups is 1. The molecule has 0 aliphatic heterocycles. The van der Waals surface area contributed by atoms with Gasteiger partial charge in [0, 0.05) is 11.2 Å². The molecule has 0 fully saturated rings. The molecule has 4 N–H and O–H groups in total. The van der Waals surface area contributed by atoms with Gasteiger partial charge in [0.2, 0.25) is 15.9 Å². The number of hydrogen-bond acceptors (Lipinski definition) is 5. The fraction of sp³-hybridized carbons (Fsp3) is 0.111. The lowest BCUT2D eigenvalue weighted by Crippen LogP contribution is -2.24. The fourth-order valence-corrected chi connectivity index (χ4v) is 4.10. The summed E-state index contributed by atoms with van der Waals surface area (Å²) >= 11 is 12.2. The number of halogens is 2. The van der Waals surface area contributed by atoms with Crippen LogP contribution in [0.1, 0.15) is 17.0 Å². The first kappa shape index (κ1) is 21.1.